The average molecular weight is 364 g/mol. The summed E-state index contributed by atoms with van der Waals surface area (Å²) in [7, 11) is 1.78. The van der Waals surface area contributed by atoms with Crippen LogP contribution in [0.3, 0.4) is 0 Å². The third-order valence-corrected chi connectivity index (χ3v) is 4.64. The zero-order valence-corrected chi connectivity index (χ0v) is 15.0. The second kappa shape index (κ2) is 7.48. The summed E-state index contributed by atoms with van der Waals surface area (Å²) in [6.07, 6.45) is 5.22. The minimum atomic E-state index is -0.109. The highest BCUT2D eigenvalue weighted by Gasteiger charge is 2.27. The van der Waals surface area contributed by atoms with Crippen molar-refractivity contribution < 1.29 is 4.79 Å². The first-order chi connectivity index (χ1) is 13.2. The first-order valence-electron chi connectivity index (χ1n) is 8.86. The molecule has 1 atom stereocenters. The number of aromatic nitrogens is 6. The Bertz CT molecular complexity index is 926. The number of nitrogens with one attached hydrogen (secondary N) is 1. The molecular weight excluding hydrogens is 344 g/mol. The number of nitrogens with zero attached hydrogens (tertiary/aromatic N) is 7. The van der Waals surface area contributed by atoms with Gasteiger partial charge in [0.25, 0.3) is 0 Å². The maximum absolute atomic E-state index is 12.8. The van der Waals surface area contributed by atoms with Gasteiger partial charge in [0, 0.05) is 43.8 Å². The van der Waals surface area contributed by atoms with Crippen LogP contribution in [-0.4, -0.2) is 49.2 Å². The highest BCUT2D eigenvalue weighted by atomic mass is 16.1. The fraction of sp³-hybridized carbons (Fsp3) is 0.333. The minimum absolute atomic E-state index is 0.00358. The first kappa shape index (κ1) is 17.1. The smallest absolute Gasteiger partial charge is 0.229 e. The molecule has 1 aromatic carbocycles. The number of hydrogen-bond donors (Lipinski definition) is 1. The van der Waals surface area contributed by atoms with Crippen molar-refractivity contribution in [3.63, 3.8) is 0 Å². The van der Waals surface area contributed by atoms with E-state index in [9.17, 15) is 4.79 Å². The van der Waals surface area contributed by atoms with E-state index in [1.807, 2.05) is 24.3 Å². The largest absolute Gasteiger partial charge is 0.340 e. The van der Waals surface area contributed by atoms with Gasteiger partial charge in [-0.25, -0.2) is 14.6 Å². The number of carbonyl (C=O) groups is 1. The van der Waals surface area contributed by atoms with Gasteiger partial charge >= 0.3 is 0 Å². The number of benzene rings is 1. The molecule has 27 heavy (non-hydrogen) atoms. The van der Waals surface area contributed by atoms with Gasteiger partial charge < -0.3 is 10.2 Å². The Labute approximate surface area is 156 Å². The van der Waals surface area contributed by atoms with Crippen LogP contribution in [0.15, 0.2) is 42.7 Å². The van der Waals surface area contributed by atoms with E-state index in [4.69, 9.17) is 0 Å². The molecule has 1 amide bonds. The number of carbonyl (C=O) groups excluding carboxylic acids is 1. The molecule has 3 heterocycles. The van der Waals surface area contributed by atoms with Crippen molar-refractivity contribution in [2.45, 2.75) is 12.8 Å². The third kappa shape index (κ3) is 3.76. The zero-order chi connectivity index (χ0) is 18.6. The Morgan fingerprint density at radius 2 is 2.07 bits per heavy atom. The van der Waals surface area contributed by atoms with Crippen LogP contribution in [0, 0.1) is 5.92 Å². The van der Waals surface area contributed by atoms with Crippen molar-refractivity contribution in [2.75, 3.05) is 23.3 Å². The normalized spacial score (nSPS) is 16.9. The molecule has 9 heteroatoms. The molecule has 0 spiro atoms. The molecule has 1 N–H and O–H groups in total. The van der Waals surface area contributed by atoms with Gasteiger partial charge in [0.05, 0.1) is 5.92 Å². The molecule has 3 aromatic rings. The van der Waals surface area contributed by atoms with Crippen LogP contribution in [0.1, 0.15) is 12.8 Å². The summed E-state index contributed by atoms with van der Waals surface area (Å²) in [6, 6.07) is 9.33. The minimum Gasteiger partial charge on any atom is -0.340 e. The van der Waals surface area contributed by atoms with Gasteiger partial charge in [-0.15, -0.1) is 5.10 Å². The number of aryl methyl sites for hydroxylation is 1. The molecule has 2 aromatic heterocycles. The number of anilines is 2. The molecule has 1 unspecified atom stereocenters. The molecule has 4 rings (SSSR count). The van der Waals surface area contributed by atoms with Crippen LogP contribution in [0.5, 0.6) is 0 Å². The van der Waals surface area contributed by atoms with E-state index in [1.54, 1.807) is 30.2 Å². The quantitative estimate of drug-likeness (QED) is 0.749. The molecule has 0 radical (unpaired) electrons. The maximum Gasteiger partial charge on any atom is 0.229 e. The zero-order valence-electron chi connectivity index (χ0n) is 15.0. The topological polar surface area (TPSA) is 102 Å². The Balaban J connectivity index is 1.45. The van der Waals surface area contributed by atoms with Gasteiger partial charge in [0.15, 0.2) is 5.82 Å². The first-order valence-corrected chi connectivity index (χ1v) is 8.86. The molecule has 9 nitrogen and oxygen atoms in total. The molecule has 1 aliphatic rings. The Hall–Kier alpha value is -3.36. The van der Waals surface area contributed by atoms with E-state index in [1.165, 1.54) is 0 Å². The second-order valence-electron chi connectivity index (χ2n) is 6.53. The summed E-state index contributed by atoms with van der Waals surface area (Å²) in [6.45, 7) is 1.48. The van der Waals surface area contributed by atoms with E-state index < -0.39 is 0 Å². The predicted molar refractivity (Wildman–Crippen MR) is 99.8 cm³/mol. The highest BCUT2D eigenvalue weighted by molar-refractivity contribution is 5.93. The Morgan fingerprint density at radius 1 is 1.22 bits per heavy atom. The van der Waals surface area contributed by atoms with Gasteiger partial charge in [0.2, 0.25) is 11.9 Å². The standard InChI is InChI=1S/C18H20N8O/c1-25-16(22-23-24-25)13-5-2-7-15(11-13)21-17(27)14-6-3-10-26(12-14)18-19-8-4-9-20-18/h2,4-5,7-9,11,14H,3,6,10,12H2,1H3,(H,21,27). The van der Waals surface area contributed by atoms with Gasteiger partial charge in [0.1, 0.15) is 0 Å². The van der Waals surface area contributed by atoms with E-state index in [0.29, 0.717) is 18.3 Å². The number of amides is 1. The Kier molecular flexibility index (Phi) is 4.73. The molecule has 138 valence electrons. The lowest BCUT2D eigenvalue weighted by atomic mass is 9.97. The lowest BCUT2D eigenvalue weighted by Crippen LogP contribution is -2.41. The molecule has 1 fully saturated rings. The van der Waals surface area contributed by atoms with Crippen molar-refractivity contribution >= 4 is 17.5 Å². The van der Waals surface area contributed by atoms with Crippen molar-refractivity contribution in [3.8, 4) is 11.4 Å². The molecule has 1 aliphatic heterocycles. The number of rotatable bonds is 4. The van der Waals surface area contributed by atoms with Crippen LogP contribution in [0.4, 0.5) is 11.6 Å². The molecule has 0 saturated carbocycles. The van der Waals surface area contributed by atoms with Crippen LogP contribution in [0.2, 0.25) is 0 Å². The highest BCUT2D eigenvalue weighted by Crippen LogP contribution is 2.23. The van der Waals surface area contributed by atoms with Crippen molar-refractivity contribution in [1.82, 2.24) is 30.2 Å². The van der Waals surface area contributed by atoms with E-state index in [0.717, 1.165) is 30.6 Å². The molecular formula is C18H20N8O. The fourth-order valence-electron chi connectivity index (χ4n) is 3.28. The number of piperidine rings is 1. The third-order valence-electron chi connectivity index (χ3n) is 4.64. The summed E-state index contributed by atoms with van der Waals surface area (Å²) < 4.78 is 1.60. The van der Waals surface area contributed by atoms with Gasteiger partial charge in [-0.3, -0.25) is 4.79 Å². The molecule has 1 saturated heterocycles. The van der Waals surface area contributed by atoms with Gasteiger partial charge in [-0.1, -0.05) is 12.1 Å². The summed E-state index contributed by atoms with van der Waals surface area (Å²) >= 11 is 0. The molecule has 0 aliphatic carbocycles. The van der Waals surface area contributed by atoms with Crippen LogP contribution in [0.25, 0.3) is 11.4 Å². The predicted octanol–water partition coefficient (Wildman–Crippen LogP) is 1.52. The van der Waals surface area contributed by atoms with Crippen LogP contribution in [-0.2, 0) is 11.8 Å². The van der Waals surface area contributed by atoms with E-state index in [2.05, 4.69) is 35.7 Å². The second-order valence-corrected chi connectivity index (χ2v) is 6.53. The van der Waals surface area contributed by atoms with Crippen molar-refractivity contribution in [3.05, 3.63) is 42.7 Å². The number of tetrazole rings is 1. The average Bonchev–Trinajstić information content (AvgIpc) is 3.15. The monoisotopic (exact) mass is 364 g/mol. The maximum atomic E-state index is 12.8. The SMILES string of the molecule is Cn1nnnc1-c1cccc(NC(=O)C2CCCN(c3ncccn3)C2)c1. The summed E-state index contributed by atoms with van der Waals surface area (Å²) in [4.78, 5) is 23.4. The van der Waals surface area contributed by atoms with Crippen molar-refractivity contribution in [1.29, 1.82) is 0 Å². The number of hydrogen-bond acceptors (Lipinski definition) is 7. The summed E-state index contributed by atoms with van der Waals surface area (Å²) in [5, 5.41) is 14.5. The Morgan fingerprint density at radius 3 is 2.85 bits per heavy atom. The fourth-order valence-corrected chi connectivity index (χ4v) is 3.28. The van der Waals surface area contributed by atoms with E-state index >= 15 is 0 Å². The van der Waals surface area contributed by atoms with Gasteiger partial charge in [-0.05, 0) is 41.5 Å². The summed E-state index contributed by atoms with van der Waals surface area (Å²) in [5.74, 6) is 1.22. The molecule has 0 bridgehead atoms. The lowest BCUT2D eigenvalue weighted by Gasteiger charge is -2.31. The lowest BCUT2D eigenvalue weighted by molar-refractivity contribution is -0.120. The summed E-state index contributed by atoms with van der Waals surface area (Å²) in [5.41, 5.74) is 1.58. The van der Waals surface area contributed by atoms with Crippen LogP contribution >= 0.6 is 0 Å². The van der Waals surface area contributed by atoms with Gasteiger partial charge in [-0.2, -0.15) is 0 Å². The van der Waals surface area contributed by atoms with Crippen LogP contribution < -0.4 is 10.2 Å². The van der Waals surface area contributed by atoms with Crippen molar-refractivity contribution in [2.24, 2.45) is 13.0 Å². The van der Waals surface area contributed by atoms with E-state index in [-0.39, 0.29) is 11.8 Å².